The number of nitrogens with two attached hydrogens (primary N) is 1. The number of anilines is 2. The molecule has 1 heterocycles. The molecule has 0 aliphatic rings. The van der Waals surface area contributed by atoms with Gasteiger partial charge in [-0.25, -0.2) is 0 Å². The van der Waals surface area contributed by atoms with Crippen molar-refractivity contribution in [1.82, 2.24) is 15.1 Å². The van der Waals surface area contributed by atoms with Crippen LogP contribution in [-0.2, 0) is 13.5 Å². The van der Waals surface area contributed by atoms with E-state index in [2.05, 4.69) is 15.7 Å². The highest BCUT2D eigenvalue weighted by molar-refractivity contribution is 5.96. The van der Waals surface area contributed by atoms with Crippen LogP contribution in [0.4, 0.5) is 11.4 Å². The molecular formula is C15H21N5O. The standard InChI is InChI=1S/C15H21N5O/c1-3-17-15(21)11-4-5-13(16)14(10-11)18-8-6-12-7-9-20(2)19-12/h4-5,7,9-10,18H,3,6,8,16H2,1-2H3,(H,17,21). The number of carbonyl (C=O) groups is 1. The van der Waals surface area contributed by atoms with E-state index < -0.39 is 0 Å². The van der Waals surface area contributed by atoms with E-state index in [1.54, 1.807) is 22.9 Å². The number of amides is 1. The fourth-order valence-corrected chi connectivity index (χ4v) is 2.03. The van der Waals surface area contributed by atoms with E-state index in [1.165, 1.54) is 0 Å². The van der Waals surface area contributed by atoms with Gasteiger partial charge in [-0.05, 0) is 31.2 Å². The lowest BCUT2D eigenvalue weighted by Crippen LogP contribution is -2.22. The van der Waals surface area contributed by atoms with E-state index >= 15 is 0 Å². The molecule has 1 aromatic carbocycles. The smallest absolute Gasteiger partial charge is 0.251 e. The van der Waals surface area contributed by atoms with Crippen LogP contribution in [0.15, 0.2) is 30.5 Å². The molecule has 6 nitrogen and oxygen atoms in total. The first-order valence-corrected chi connectivity index (χ1v) is 7.00. The molecular weight excluding hydrogens is 266 g/mol. The average molecular weight is 287 g/mol. The Balaban J connectivity index is 1.98. The van der Waals surface area contributed by atoms with Gasteiger partial charge in [0.05, 0.1) is 17.1 Å². The molecule has 0 saturated carbocycles. The molecule has 4 N–H and O–H groups in total. The zero-order chi connectivity index (χ0) is 15.2. The quantitative estimate of drug-likeness (QED) is 0.701. The number of nitrogens with one attached hydrogen (secondary N) is 2. The summed E-state index contributed by atoms with van der Waals surface area (Å²) in [6.07, 6.45) is 2.71. The zero-order valence-electron chi connectivity index (χ0n) is 12.4. The van der Waals surface area contributed by atoms with Gasteiger partial charge in [0.25, 0.3) is 5.91 Å². The summed E-state index contributed by atoms with van der Waals surface area (Å²) in [5.74, 6) is -0.0923. The molecule has 2 rings (SSSR count). The van der Waals surface area contributed by atoms with Crippen molar-refractivity contribution in [2.75, 3.05) is 24.1 Å². The summed E-state index contributed by atoms with van der Waals surface area (Å²) < 4.78 is 1.78. The molecule has 2 aromatic rings. The molecule has 0 spiro atoms. The molecule has 0 atom stereocenters. The Kier molecular flexibility index (Phi) is 4.81. The molecule has 0 fully saturated rings. The topological polar surface area (TPSA) is 85.0 Å². The number of aryl methyl sites for hydroxylation is 1. The van der Waals surface area contributed by atoms with Crippen molar-refractivity contribution in [3.8, 4) is 0 Å². The SMILES string of the molecule is CCNC(=O)c1ccc(N)c(NCCc2ccn(C)n2)c1. The van der Waals surface area contributed by atoms with Gasteiger partial charge in [-0.3, -0.25) is 9.48 Å². The molecule has 1 amide bonds. The first-order chi connectivity index (χ1) is 10.1. The van der Waals surface area contributed by atoms with E-state index in [0.29, 0.717) is 24.3 Å². The van der Waals surface area contributed by atoms with Gasteiger partial charge in [0.15, 0.2) is 0 Å². The van der Waals surface area contributed by atoms with Gasteiger partial charge in [0.1, 0.15) is 0 Å². The number of nitrogens with zero attached hydrogens (tertiary/aromatic N) is 2. The van der Waals surface area contributed by atoms with Crippen molar-refractivity contribution in [2.24, 2.45) is 7.05 Å². The summed E-state index contributed by atoms with van der Waals surface area (Å²) in [6, 6.07) is 7.23. The van der Waals surface area contributed by atoms with Crippen LogP contribution >= 0.6 is 0 Å². The van der Waals surface area contributed by atoms with Crippen molar-refractivity contribution in [1.29, 1.82) is 0 Å². The molecule has 0 unspecified atom stereocenters. The second-order valence-corrected chi connectivity index (χ2v) is 4.82. The molecule has 0 radical (unpaired) electrons. The minimum atomic E-state index is -0.0923. The van der Waals surface area contributed by atoms with Crippen molar-refractivity contribution in [3.63, 3.8) is 0 Å². The summed E-state index contributed by atoms with van der Waals surface area (Å²) >= 11 is 0. The maximum Gasteiger partial charge on any atom is 0.251 e. The van der Waals surface area contributed by atoms with Crippen LogP contribution < -0.4 is 16.4 Å². The molecule has 0 bridgehead atoms. The Morgan fingerprint density at radius 3 is 2.86 bits per heavy atom. The summed E-state index contributed by atoms with van der Waals surface area (Å²) in [5.41, 5.74) is 8.96. The average Bonchev–Trinajstić information content (AvgIpc) is 2.87. The summed E-state index contributed by atoms with van der Waals surface area (Å²) in [6.45, 7) is 3.20. The van der Waals surface area contributed by atoms with Gasteiger partial charge < -0.3 is 16.4 Å². The number of hydrogen-bond donors (Lipinski definition) is 3. The van der Waals surface area contributed by atoms with E-state index in [0.717, 1.165) is 17.8 Å². The Hall–Kier alpha value is -2.50. The van der Waals surface area contributed by atoms with Gasteiger partial charge in [-0.2, -0.15) is 5.10 Å². The van der Waals surface area contributed by atoms with Gasteiger partial charge in [-0.15, -0.1) is 0 Å². The maximum atomic E-state index is 11.8. The number of hydrogen-bond acceptors (Lipinski definition) is 4. The monoisotopic (exact) mass is 287 g/mol. The van der Waals surface area contributed by atoms with Crippen LogP contribution in [0.3, 0.4) is 0 Å². The van der Waals surface area contributed by atoms with Crippen LogP contribution in [-0.4, -0.2) is 28.8 Å². The first-order valence-electron chi connectivity index (χ1n) is 7.00. The minimum Gasteiger partial charge on any atom is -0.397 e. The molecule has 1 aromatic heterocycles. The molecule has 0 aliphatic carbocycles. The van der Waals surface area contributed by atoms with Gasteiger partial charge in [-0.1, -0.05) is 0 Å². The Bertz CT molecular complexity index is 620. The predicted molar refractivity (Wildman–Crippen MR) is 84.3 cm³/mol. The molecule has 6 heteroatoms. The van der Waals surface area contributed by atoms with Gasteiger partial charge in [0.2, 0.25) is 0 Å². The van der Waals surface area contributed by atoms with Gasteiger partial charge >= 0.3 is 0 Å². The first kappa shape index (κ1) is 14.9. The minimum absolute atomic E-state index is 0.0923. The van der Waals surface area contributed by atoms with Crippen molar-refractivity contribution in [2.45, 2.75) is 13.3 Å². The van der Waals surface area contributed by atoms with Crippen molar-refractivity contribution in [3.05, 3.63) is 41.7 Å². The zero-order valence-corrected chi connectivity index (χ0v) is 12.4. The van der Waals surface area contributed by atoms with E-state index in [-0.39, 0.29) is 5.91 Å². The molecule has 0 aliphatic heterocycles. The molecule has 0 saturated heterocycles. The van der Waals surface area contributed by atoms with Crippen LogP contribution in [0.5, 0.6) is 0 Å². The summed E-state index contributed by atoms with van der Waals surface area (Å²) in [7, 11) is 1.89. The van der Waals surface area contributed by atoms with Crippen LogP contribution in [0, 0.1) is 0 Å². The highest BCUT2D eigenvalue weighted by atomic mass is 16.1. The van der Waals surface area contributed by atoms with Crippen molar-refractivity contribution < 1.29 is 4.79 Å². The van der Waals surface area contributed by atoms with E-state index in [9.17, 15) is 4.79 Å². The second kappa shape index (κ2) is 6.78. The second-order valence-electron chi connectivity index (χ2n) is 4.82. The van der Waals surface area contributed by atoms with Gasteiger partial charge in [0, 0.05) is 38.3 Å². The third-order valence-electron chi connectivity index (χ3n) is 3.12. The van der Waals surface area contributed by atoms with E-state index in [4.69, 9.17) is 5.73 Å². The Morgan fingerprint density at radius 1 is 1.38 bits per heavy atom. The molecule has 112 valence electrons. The summed E-state index contributed by atoms with van der Waals surface area (Å²) in [5, 5.41) is 10.3. The summed E-state index contributed by atoms with van der Waals surface area (Å²) in [4.78, 5) is 11.8. The maximum absolute atomic E-state index is 11.8. The molecule has 21 heavy (non-hydrogen) atoms. The van der Waals surface area contributed by atoms with E-state index in [1.807, 2.05) is 26.2 Å². The number of aromatic nitrogens is 2. The highest BCUT2D eigenvalue weighted by Gasteiger charge is 2.07. The Morgan fingerprint density at radius 2 is 2.19 bits per heavy atom. The normalized spacial score (nSPS) is 10.4. The number of rotatable bonds is 6. The third-order valence-corrected chi connectivity index (χ3v) is 3.12. The largest absolute Gasteiger partial charge is 0.397 e. The van der Waals surface area contributed by atoms with Crippen LogP contribution in [0.2, 0.25) is 0 Å². The lowest BCUT2D eigenvalue weighted by atomic mass is 10.1. The lowest BCUT2D eigenvalue weighted by molar-refractivity contribution is 0.0956. The highest BCUT2D eigenvalue weighted by Crippen LogP contribution is 2.20. The fraction of sp³-hybridized carbons (Fsp3) is 0.333. The van der Waals surface area contributed by atoms with Crippen LogP contribution in [0.25, 0.3) is 0 Å². The number of benzene rings is 1. The number of carbonyl (C=O) groups excluding carboxylic acids is 1. The van der Waals surface area contributed by atoms with Crippen molar-refractivity contribution >= 4 is 17.3 Å². The predicted octanol–water partition coefficient (Wildman–Crippen LogP) is 1.41. The Labute approximate surface area is 124 Å². The lowest BCUT2D eigenvalue weighted by Gasteiger charge is -2.11. The number of nitrogen functional groups attached to an aromatic ring is 1. The fourth-order valence-electron chi connectivity index (χ4n) is 2.03. The van der Waals surface area contributed by atoms with Crippen LogP contribution in [0.1, 0.15) is 23.0 Å². The third kappa shape index (κ3) is 3.98.